The molecule has 1 fully saturated rings. The molecule has 0 aliphatic carbocycles. The highest BCUT2D eigenvalue weighted by molar-refractivity contribution is 5.88. The van der Waals surface area contributed by atoms with E-state index in [1.54, 1.807) is 4.90 Å². The van der Waals surface area contributed by atoms with Crippen LogP contribution in [0, 0.1) is 0 Å². The Kier molecular flexibility index (Phi) is 5.12. The van der Waals surface area contributed by atoms with E-state index in [1.807, 2.05) is 0 Å². The maximum absolute atomic E-state index is 6.00. The summed E-state index contributed by atoms with van der Waals surface area (Å²) in [7, 11) is 0. The van der Waals surface area contributed by atoms with E-state index in [1.165, 1.54) is 56.1 Å². The minimum absolute atomic E-state index is 0.835. The molecule has 21 heavy (non-hydrogen) atoms. The minimum Gasteiger partial charge on any atom is -0.493 e. The van der Waals surface area contributed by atoms with Crippen molar-refractivity contribution < 1.29 is 9.64 Å². The summed E-state index contributed by atoms with van der Waals surface area (Å²) in [6, 6.07) is 14.7. The van der Waals surface area contributed by atoms with Gasteiger partial charge in [-0.1, -0.05) is 36.4 Å². The van der Waals surface area contributed by atoms with Gasteiger partial charge in [0.1, 0.15) is 5.75 Å². The zero-order valence-corrected chi connectivity index (χ0v) is 12.8. The second-order valence-electron chi connectivity index (χ2n) is 6.09. The van der Waals surface area contributed by atoms with Gasteiger partial charge >= 0.3 is 0 Å². The molecule has 0 aromatic heterocycles. The van der Waals surface area contributed by atoms with E-state index < -0.39 is 0 Å². The summed E-state index contributed by atoms with van der Waals surface area (Å²) < 4.78 is 6.00. The molecule has 0 spiro atoms. The van der Waals surface area contributed by atoms with Gasteiger partial charge in [0.2, 0.25) is 0 Å². The van der Waals surface area contributed by atoms with E-state index in [2.05, 4.69) is 42.5 Å². The standard InChI is InChI=1S/C19H25NO/c1-4-13-20(14-5-1)15-6-7-16-21-19-12-8-10-17-9-2-3-11-18(17)19/h2-3,8-12H,1,4-7,13-16H2/p+1. The number of fused-ring (bicyclic) bond motifs is 1. The number of likely N-dealkylation sites (tertiary alicyclic amines) is 1. The monoisotopic (exact) mass is 284 g/mol. The summed E-state index contributed by atoms with van der Waals surface area (Å²) in [5.74, 6) is 1.03. The van der Waals surface area contributed by atoms with Crippen molar-refractivity contribution >= 4 is 10.8 Å². The van der Waals surface area contributed by atoms with Gasteiger partial charge in [0.05, 0.1) is 26.2 Å². The SMILES string of the molecule is c1ccc2c(OCCCC[NH+]3CCCCC3)cccc2c1. The fourth-order valence-electron chi connectivity index (χ4n) is 3.28. The third-order valence-electron chi connectivity index (χ3n) is 4.49. The van der Waals surface area contributed by atoms with Gasteiger partial charge < -0.3 is 9.64 Å². The number of nitrogens with one attached hydrogen (secondary N) is 1. The molecule has 0 atom stereocenters. The van der Waals surface area contributed by atoms with E-state index in [4.69, 9.17) is 4.74 Å². The lowest BCUT2D eigenvalue weighted by Gasteiger charge is -2.23. The van der Waals surface area contributed by atoms with Gasteiger partial charge in [-0.05, 0) is 43.6 Å². The molecule has 2 nitrogen and oxygen atoms in total. The Morgan fingerprint density at radius 3 is 2.57 bits per heavy atom. The summed E-state index contributed by atoms with van der Waals surface area (Å²) in [6.07, 6.45) is 6.71. The number of hydrogen-bond donors (Lipinski definition) is 1. The fraction of sp³-hybridized carbons (Fsp3) is 0.474. The molecule has 2 aromatic carbocycles. The molecule has 0 unspecified atom stereocenters. The van der Waals surface area contributed by atoms with Crippen molar-refractivity contribution in [3.63, 3.8) is 0 Å². The van der Waals surface area contributed by atoms with Crippen LogP contribution in [0.15, 0.2) is 42.5 Å². The van der Waals surface area contributed by atoms with Crippen molar-refractivity contribution in [2.24, 2.45) is 0 Å². The molecule has 1 N–H and O–H groups in total. The van der Waals surface area contributed by atoms with Gasteiger partial charge in [-0.3, -0.25) is 0 Å². The molecule has 0 radical (unpaired) electrons. The van der Waals surface area contributed by atoms with Crippen molar-refractivity contribution in [1.82, 2.24) is 0 Å². The highest BCUT2D eigenvalue weighted by atomic mass is 16.5. The third-order valence-corrected chi connectivity index (χ3v) is 4.49. The average molecular weight is 284 g/mol. The molecule has 2 aromatic rings. The van der Waals surface area contributed by atoms with Crippen LogP contribution >= 0.6 is 0 Å². The van der Waals surface area contributed by atoms with Crippen LogP contribution in [-0.2, 0) is 0 Å². The quantitative estimate of drug-likeness (QED) is 0.805. The fourth-order valence-corrected chi connectivity index (χ4v) is 3.28. The van der Waals surface area contributed by atoms with Crippen LogP contribution in [0.5, 0.6) is 5.75 Å². The van der Waals surface area contributed by atoms with Gasteiger partial charge in [0.25, 0.3) is 0 Å². The van der Waals surface area contributed by atoms with Gasteiger partial charge in [-0.15, -0.1) is 0 Å². The highest BCUT2D eigenvalue weighted by Crippen LogP contribution is 2.25. The molecule has 112 valence electrons. The summed E-state index contributed by atoms with van der Waals surface area (Å²) >= 11 is 0. The second-order valence-corrected chi connectivity index (χ2v) is 6.09. The normalized spacial score (nSPS) is 16.2. The first-order valence-electron chi connectivity index (χ1n) is 8.37. The summed E-state index contributed by atoms with van der Waals surface area (Å²) in [4.78, 5) is 1.80. The molecule has 1 saturated heterocycles. The predicted octanol–water partition coefficient (Wildman–Crippen LogP) is 3.07. The van der Waals surface area contributed by atoms with E-state index >= 15 is 0 Å². The molecule has 0 amide bonds. The van der Waals surface area contributed by atoms with Crippen LogP contribution in [0.25, 0.3) is 10.8 Å². The first-order chi connectivity index (χ1) is 10.4. The van der Waals surface area contributed by atoms with Crippen LogP contribution in [0.2, 0.25) is 0 Å². The maximum atomic E-state index is 6.00. The van der Waals surface area contributed by atoms with Crippen LogP contribution in [-0.4, -0.2) is 26.2 Å². The van der Waals surface area contributed by atoms with Gasteiger partial charge in [0, 0.05) is 5.39 Å². The highest BCUT2D eigenvalue weighted by Gasteiger charge is 2.12. The summed E-state index contributed by atoms with van der Waals surface area (Å²) in [5, 5.41) is 2.48. The van der Waals surface area contributed by atoms with E-state index in [0.717, 1.165) is 18.8 Å². The molecule has 2 heteroatoms. The number of benzene rings is 2. The largest absolute Gasteiger partial charge is 0.493 e. The molecule has 3 rings (SSSR count). The second kappa shape index (κ2) is 7.46. The number of unbranched alkanes of at least 4 members (excludes halogenated alkanes) is 1. The number of hydrogen-bond acceptors (Lipinski definition) is 1. The molecule has 0 saturated carbocycles. The van der Waals surface area contributed by atoms with Crippen molar-refractivity contribution in [2.75, 3.05) is 26.2 Å². The third kappa shape index (κ3) is 3.98. The summed E-state index contributed by atoms with van der Waals surface area (Å²) in [5.41, 5.74) is 0. The molecule has 1 aliphatic heterocycles. The smallest absolute Gasteiger partial charge is 0.127 e. The number of rotatable bonds is 6. The Morgan fingerprint density at radius 2 is 1.67 bits per heavy atom. The molecule has 1 aliphatic rings. The van der Waals surface area contributed by atoms with Gasteiger partial charge in [-0.25, -0.2) is 0 Å². The molecule has 0 bridgehead atoms. The van der Waals surface area contributed by atoms with Crippen molar-refractivity contribution in [3.8, 4) is 5.75 Å². The van der Waals surface area contributed by atoms with Crippen molar-refractivity contribution in [1.29, 1.82) is 0 Å². The Bertz CT molecular complexity index is 555. The topological polar surface area (TPSA) is 13.7 Å². The lowest BCUT2D eigenvalue weighted by atomic mass is 10.1. The lowest BCUT2D eigenvalue weighted by molar-refractivity contribution is -0.905. The summed E-state index contributed by atoms with van der Waals surface area (Å²) in [6.45, 7) is 4.91. The number of quaternary nitrogens is 1. The number of ether oxygens (including phenoxy) is 1. The van der Waals surface area contributed by atoms with Gasteiger partial charge in [0.15, 0.2) is 0 Å². The first-order valence-corrected chi connectivity index (χ1v) is 8.37. The Labute approximate surface area is 127 Å². The molecular formula is C19H26NO+. The molecule has 1 heterocycles. The zero-order valence-electron chi connectivity index (χ0n) is 12.8. The molecular weight excluding hydrogens is 258 g/mol. The van der Waals surface area contributed by atoms with Crippen LogP contribution in [0.4, 0.5) is 0 Å². The van der Waals surface area contributed by atoms with Gasteiger partial charge in [-0.2, -0.15) is 0 Å². The van der Waals surface area contributed by atoms with E-state index in [9.17, 15) is 0 Å². The lowest BCUT2D eigenvalue weighted by Crippen LogP contribution is -3.12. The Balaban J connectivity index is 1.44. The minimum atomic E-state index is 0.835. The first kappa shape index (κ1) is 14.4. The van der Waals surface area contributed by atoms with Crippen LogP contribution in [0.3, 0.4) is 0 Å². The van der Waals surface area contributed by atoms with Crippen molar-refractivity contribution in [2.45, 2.75) is 32.1 Å². The van der Waals surface area contributed by atoms with E-state index in [-0.39, 0.29) is 0 Å². The average Bonchev–Trinajstić information content (AvgIpc) is 2.56. The van der Waals surface area contributed by atoms with Crippen LogP contribution in [0.1, 0.15) is 32.1 Å². The van der Waals surface area contributed by atoms with Crippen LogP contribution < -0.4 is 9.64 Å². The zero-order chi connectivity index (χ0) is 14.3. The van der Waals surface area contributed by atoms with Crippen molar-refractivity contribution in [3.05, 3.63) is 42.5 Å². The predicted molar refractivity (Wildman–Crippen MR) is 88.1 cm³/mol. The maximum Gasteiger partial charge on any atom is 0.127 e. The Morgan fingerprint density at radius 1 is 0.857 bits per heavy atom. The number of piperidine rings is 1. The Hall–Kier alpha value is -1.54. The van der Waals surface area contributed by atoms with E-state index in [0.29, 0.717) is 0 Å².